The first kappa shape index (κ1) is 15.6. The highest BCUT2D eigenvalue weighted by Crippen LogP contribution is 2.31. The Kier molecular flexibility index (Phi) is 4.84. The Bertz CT molecular complexity index is 686. The van der Waals surface area contributed by atoms with Crippen LogP contribution in [0.3, 0.4) is 0 Å². The Hall–Kier alpha value is -1.33. The van der Waals surface area contributed by atoms with Gasteiger partial charge in [0.15, 0.2) is 0 Å². The van der Waals surface area contributed by atoms with Crippen LogP contribution >= 0.6 is 11.6 Å². The third kappa shape index (κ3) is 3.20. The van der Waals surface area contributed by atoms with E-state index in [0.29, 0.717) is 11.3 Å². The van der Waals surface area contributed by atoms with Gasteiger partial charge >= 0.3 is 5.69 Å². The van der Waals surface area contributed by atoms with Crippen molar-refractivity contribution >= 4 is 22.6 Å². The predicted molar refractivity (Wildman–Crippen MR) is 87.5 cm³/mol. The van der Waals surface area contributed by atoms with Crippen molar-refractivity contribution in [2.45, 2.75) is 57.6 Å². The normalized spacial score (nSPS) is 22.3. The van der Waals surface area contributed by atoms with Crippen molar-refractivity contribution in [2.24, 2.45) is 0 Å². The molecule has 2 heterocycles. The van der Waals surface area contributed by atoms with E-state index in [1.807, 2.05) is 4.57 Å². The molecule has 0 amide bonds. The minimum atomic E-state index is -0.0746. The number of nitrogens with one attached hydrogen (secondary N) is 1. The van der Waals surface area contributed by atoms with E-state index < -0.39 is 0 Å². The van der Waals surface area contributed by atoms with Crippen LogP contribution in [0.1, 0.15) is 51.5 Å². The summed E-state index contributed by atoms with van der Waals surface area (Å²) in [6, 6.07) is 1.98. The number of halogens is 1. The zero-order chi connectivity index (χ0) is 15.5. The first-order valence-corrected chi connectivity index (χ1v) is 8.44. The van der Waals surface area contributed by atoms with Gasteiger partial charge in [-0.15, -0.1) is 0 Å². The summed E-state index contributed by atoms with van der Waals surface area (Å²) in [6.07, 6.45) is 8.18. The van der Waals surface area contributed by atoms with E-state index in [4.69, 9.17) is 16.3 Å². The van der Waals surface area contributed by atoms with E-state index in [-0.39, 0.29) is 11.7 Å². The zero-order valence-electron chi connectivity index (χ0n) is 12.8. The van der Waals surface area contributed by atoms with Gasteiger partial charge in [0.1, 0.15) is 5.15 Å². The summed E-state index contributed by atoms with van der Waals surface area (Å²) in [7, 11) is 0. The molecule has 0 saturated heterocycles. The molecule has 0 bridgehead atoms. The maximum Gasteiger partial charge on any atom is 0.326 e. The number of hydrogen-bond acceptors (Lipinski definition) is 3. The molecule has 2 aromatic heterocycles. The van der Waals surface area contributed by atoms with Crippen LogP contribution in [0.4, 0.5) is 0 Å². The maximum absolute atomic E-state index is 12.2. The van der Waals surface area contributed by atoms with Crippen LogP contribution in [-0.2, 0) is 4.74 Å². The second-order valence-electron chi connectivity index (χ2n) is 5.98. The van der Waals surface area contributed by atoms with Crippen molar-refractivity contribution in [3.63, 3.8) is 0 Å². The third-order valence-electron chi connectivity index (χ3n) is 4.43. The number of rotatable bonds is 5. The number of ether oxygens (including phenoxy) is 1. The average Bonchev–Trinajstić information content (AvgIpc) is 2.84. The molecule has 1 aliphatic rings. The van der Waals surface area contributed by atoms with E-state index >= 15 is 0 Å². The van der Waals surface area contributed by atoms with Crippen LogP contribution in [0.5, 0.6) is 0 Å². The summed E-state index contributed by atoms with van der Waals surface area (Å²) in [5, 5.41) is 0.414. The molecule has 0 aromatic carbocycles. The molecular formula is C16H22ClN3O2. The molecule has 5 nitrogen and oxygen atoms in total. The smallest absolute Gasteiger partial charge is 0.326 e. The first-order chi connectivity index (χ1) is 10.7. The highest BCUT2D eigenvalue weighted by Gasteiger charge is 2.25. The van der Waals surface area contributed by atoms with Gasteiger partial charge in [-0.1, -0.05) is 24.9 Å². The number of imidazole rings is 1. The Morgan fingerprint density at radius 1 is 1.41 bits per heavy atom. The van der Waals surface area contributed by atoms with Crippen LogP contribution in [0.2, 0.25) is 5.15 Å². The van der Waals surface area contributed by atoms with Crippen molar-refractivity contribution in [1.82, 2.24) is 14.5 Å². The Balaban J connectivity index is 1.72. The fourth-order valence-electron chi connectivity index (χ4n) is 3.23. The molecule has 0 radical (unpaired) electrons. The van der Waals surface area contributed by atoms with Gasteiger partial charge in [0.05, 0.1) is 23.3 Å². The first-order valence-electron chi connectivity index (χ1n) is 8.06. The van der Waals surface area contributed by atoms with Gasteiger partial charge in [-0.2, -0.15) is 0 Å². The number of unbranched alkanes of at least 4 members (excludes halogenated alkanes) is 1. The lowest BCUT2D eigenvalue weighted by molar-refractivity contribution is 0.0181. The van der Waals surface area contributed by atoms with Crippen LogP contribution in [0.25, 0.3) is 11.0 Å². The zero-order valence-corrected chi connectivity index (χ0v) is 13.6. The maximum atomic E-state index is 12.2. The van der Waals surface area contributed by atoms with Gasteiger partial charge in [-0.25, -0.2) is 9.78 Å². The van der Waals surface area contributed by atoms with Gasteiger partial charge in [0.2, 0.25) is 0 Å². The minimum Gasteiger partial charge on any atom is -0.378 e. The quantitative estimate of drug-likeness (QED) is 0.674. The number of pyridine rings is 1. The standard InChI is InChI=1S/C16H22ClN3O2/c1-2-3-8-22-12-6-4-11(5-7-12)20-14-9-15(17)18-10-13(14)19-16(20)21/h9-12H,2-8H2,1H3,(H,19,21). The number of hydrogen-bond donors (Lipinski definition) is 1. The fraction of sp³-hybridized carbons (Fsp3) is 0.625. The van der Waals surface area contributed by atoms with Crippen LogP contribution in [-0.4, -0.2) is 27.2 Å². The molecule has 1 N–H and O–H groups in total. The molecule has 6 heteroatoms. The van der Waals surface area contributed by atoms with Gasteiger partial charge in [0.25, 0.3) is 0 Å². The highest BCUT2D eigenvalue weighted by molar-refractivity contribution is 6.29. The number of aromatic amines is 1. The highest BCUT2D eigenvalue weighted by atomic mass is 35.5. The summed E-state index contributed by atoms with van der Waals surface area (Å²) >= 11 is 5.97. The lowest BCUT2D eigenvalue weighted by Gasteiger charge is -2.29. The largest absolute Gasteiger partial charge is 0.378 e. The van der Waals surface area contributed by atoms with E-state index in [1.165, 1.54) is 0 Å². The summed E-state index contributed by atoms with van der Waals surface area (Å²) in [6.45, 7) is 3.02. The summed E-state index contributed by atoms with van der Waals surface area (Å²) < 4.78 is 7.74. The number of aromatic nitrogens is 3. The van der Waals surface area contributed by atoms with E-state index in [2.05, 4.69) is 16.9 Å². The van der Waals surface area contributed by atoms with E-state index in [0.717, 1.165) is 56.2 Å². The van der Waals surface area contributed by atoms with Crippen molar-refractivity contribution in [2.75, 3.05) is 6.61 Å². The monoisotopic (exact) mass is 323 g/mol. The lowest BCUT2D eigenvalue weighted by Crippen LogP contribution is -2.29. The fourth-order valence-corrected chi connectivity index (χ4v) is 3.38. The molecule has 0 aliphatic heterocycles. The van der Waals surface area contributed by atoms with E-state index in [9.17, 15) is 4.79 Å². The van der Waals surface area contributed by atoms with Crippen molar-refractivity contribution < 1.29 is 4.74 Å². The Morgan fingerprint density at radius 3 is 2.91 bits per heavy atom. The molecule has 0 atom stereocenters. The molecule has 1 saturated carbocycles. The van der Waals surface area contributed by atoms with Gasteiger partial charge in [0, 0.05) is 18.7 Å². The van der Waals surface area contributed by atoms with Crippen LogP contribution < -0.4 is 5.69 Å². The average molecular weight is 324 g/mol. The lowest BCUT2D eigenvalue weighted by atomic mass is 9.92. The van der Waals surface area contributed by atoms with Crippen molar-refractivity contribution in [3.8, 4) is 0 Å². The molecular weight excluding hydrogens is 302 g/mol. The van der Waals surface area contributed by atoms with Crippen molar-refractivity contribution in [3.05, 3.63) is 27.9 Å². The molecule has 3 rings (SSSR count). The molecule has 0 unspecified atom stereocenters. The molecule has 2 aromatic rings. The predicted octanol–water partition coefficient (Wildman–Crippen LogP) is 3.68. The molecule has 0 spiro atoms. The van der Waals surface area contributed by atoms with E-state index in [1.54, 1.807) is 12.3 Å². The number of fused-ring (bicyclic) bond motifs is 1. The number of nitrogens with zero attached hydrogens (tertiary/aromatic N) is 2. The van der Waals surface area contributed by atoms with Gasteiger partial charge in [-0.05, 0) is 32.1 Å². The minimum absolute atomic E-state index is 0.0746. The molecule has 120 valence electrons. The molecule has 22 heavy (non-hydrogen) atoms. The van der Waals surface area contributed by atoms with Crippen LogP contribution in [0.15, 0.2) is 17.1 Å². The second-order valence-corrected chi connectivity index (χ2v) is 6.37. The number of H-pyrrole nitrogens is 1. The summed E-state index contributed by atoms with van der Waals surface area (Å²) in [5.41, 5.74) is 1.52. The van der Waals surface area contributed by atoms with Crippen molar-refractivity contribution in [1.29, 1.82) is 0 Å². The summed E-state index contributed by atoms with van der Waals surface area (Å²) in [4.78, 5) is 19.1. The van der Waals surface area contributed by atoms with Gasteiger partial charge < -0.3 is 9.72 Å². The third-order valence-corrected chi connectivity index (χ3v) is 4.64. The Labute approximate surface area is 134 Å². The van der Waals surface area contributed by atoms with Crippen LogP contribution in [0, 0.1) is 0 Å². The van der Waals surface area contributed by atoms with Gasteiger partial charge in [-0.3, -0.25) is 4.57 Å². The summed E-state index contributed by atoms with van der Waals surface area (Å²) in [5.74, 6) is 0. The SMILES string of the molecule is CCCCOC1CCC(n2c(=O)[nH]c3cnc(Cl)cc32)CC1. The molecule has 1 fully saturated rings. The Morgan fingerprint density at radius 2 is 2.18 bits per heavy atom. The molecule has 1 aliphatic carbocycles. The topological polar surface area (TPSA) is 59.9 Å². The second kappa shape index (κ2) is 6.84.